The number of aromatic nitrogens is 3. The number of ether oxygens (including phenoxy) is 1. The molecule has 2 aromatic heterocycles. The van der Waals surface area contributed by atoms with E-state index >= 15 is 0 Å². The van der Waals surface area contributed by atoms with Gasteiger partial charge in [0.2, 0.25) is 0 Å². The fourth-order valence-electron chi connectivity index (χ4n) is 3.86. The molecule has 0 aliphatic heterocycles. The van der Waals surface area contributed by atoms with Crippen molar-refractivity contribution >= 4 is 56.5 Å². The lowest BCUT2D eigenvalue weighted by Gasteiger charge is -2.11. The lowest BCUT2D eigenvalue weighted by Crippen LogP contribution is -2.24. The first-order chi connectivity index (χ1) is 14.9. The summed E-state index contributed by atoms with van der Waals surface area (Å²) in [6, 6.07) is 11.7. The summed E-state index contributed by atoms with van der Waals surface area (Å²) in [7, 11) is 3.70. The zero-order valence-corrected chi connectivity index (χ0v) is 19.9. The van der Waals surface area contributed by atoms with E-state index < -0.39 is 0 Å². The van der Waals surface area contributed by atoms with E-state index in [9.17, 15) is 9.90 Å². The summed E-state index contributed by atoms with van der Waals surface area (Å²) >= 11 is 2.20. The third-order valence-electron chi connectivity index (χ3n) is 5.63. The first kappa shape index (κ1) is 21.6. The average Bonchev–Trinajstić information content (AvgIpc) is 3.01. The van der Waals surface area contributed by atoms with E-state index in [1.165, 1.54) is 0 Å². The fraction of sp³-hybridized carbons (Fsp3) is 0.250. The molecule has 7 heteroatoms. The molecule has 160 valence electrons. The molecule has 0 saturated heterocycles. The summed E-state index contributed by atoms with van der Waals surface area (Å²) in [5.74, 6) is 1.37. The van der Waals surface area contributed by atoms with Crippen LogP contribution < -0.4 is 10.3 Å². The van der Waals surface area contributed by atoms with E-state index in [1.54, 1.807) is 11.7 Å². The second-order valence-corrected chi connectivity index (χ2v) is 8.69. The number of aryl methyl sites for hydroxylation is 1. The maximum absolute atomic E-state index is 13.2. The number of benzene rings is 2. The van der Waals surface area contributed by atoms with Crippen LogP contribution in [0.3, 0.4) is 0 Å². The highest BCUT2D eigenvalue weighted by molar-refractivity contribution is 14.1. The summed E-state index contributed by atoms with van der Waals surface area (Å²) in [5, 5.41) is 11.0. The number of aliphatic hydroxyl groups excluding tert-OH is 1. The minimum absolute atomic E-state index is 0.0161. The lowest BCUT2D eigenvalue weighted by molar-refractivity contribution is 0.278. The molecule has 4 rings (SSSR count). The molecule has 0 spiro atoms. The second kappa shape index (κ2) is 8.84. The molecule has 0 bridgehead atoms. The van der Waals surface area contributed by atoms with Gasteiger partial charge in [0.25, 0.3) is 5.56 Å². The maximum Gasteiger partial charge on any atom is 0.261 e. The molecular formula is C24H24IN3O3. The van der Waals surface area contributed by atoms with E-state index in [4.69, 9.17) is 9.72 Å². The molecule has 1 N–H and O–H groups in total. The van der Waals surface area contributed by atoms with Crippen molar-refractivity contribution in [2.24, 2.45) is 7.05 Å². The van der Waals surface area contributed by atoms with Gasteiger partial charge in [-0.25, -0.2) is 4.98 Å². The topological polar surface area (TPSA) is 69.3 Å². The van der Waals surface area contributed by atoms with Gasteiger partial charge in [0.1, 0.15) is 11.6 Å². The van der Waals surface area contributed by atoms with Gasteiger partial charge in [-0.2, -0.15) is 0 Å². The molecule has 0 atom stereocenters. The maximum atomic E-state index is 13.2. The minimum Gasteiger partial charge on any atom is -0.497 e. The number of hydrogen-bond acceptors (Lipinski definition) is 4. The second-order valence-electron chi connectivity index (χ2n) is 7.44. The van der Waals surface area contributed by atoms with Gasteiger partial charge in [-0.1, -0.05) is 0 Å². The molecule has 6 nitrogen and oxygen atoms in total. The van der Waals surface area contributed by atoms with Crippen molar-refractivity contribution in [2.45, 2.75) is 19.9 Å². The van der Waals surface area contributed by atoms with Crippen LogP contribution in [0.15, 0.2) is 41.2 Å². The zero-order valence-electron chi connectivity index (χ0n) is 17.7. The quantitative estimate of drug-likeness (QED) is 0.377. The number of halogens is 1. The van der Waals surface area contributed by atoms with E-state index in [2.05, 4.69) is 34.1 Å². The predicted molar refractivity (Wildman–Crippen MR) is 134 cm³/mol. The predicted octanol–water partition coefficient (Wildman–Crippen LogP) is 4.36. The van der Waals surface area contributed by atoms with Gasteiger partial charge in [0.15, 0.2) is 0 Å². The van der Waals surface area contributed by atoms with Crippen molar-refractivity contribution in [2.75, 3.05) is 13.7 Å². The number of rotatable bonds is 6. The van der Waals surface area contributed by atoms with Gasteiger partial charge in [0.05, 0.1) is 18.0 Å². The summed E-state index contributed by atoms with van der Waals surface area (Å²) in [5.41, 5.74) is 3.85. The third kappa shape index (κ3) is 3.99. The molecule has 0 fully saturated rings. The Balaban J connectivity index is 1.89. The van der Waals surface area contributed by atoms with Crippen molar-refractivity contribution in [3.8, 4) is 5.75 Å². The first-order valence-electron chi connectivity index (χ1n) is 10.1. The van der Waals surface area contributed by atoms with Crippen LogP contribution in [0, 0.1) is 10.5 Å². The monoisotopic (exact) mass is 529 g/mol. The summed E-state index contributed by atoms with van der Waals surface area (Å²) < 4.78 is 10.2. The van der Waals surface area contributed by atoms with Crippen LogP contribution in [0.2, 0.25) is 0 Å². The van der Waals surface area contributed by atoms with Crippen molar-refractivity contribution < 1.29 is 9.84 Å². The van der Waals surface area contributed by atoms with Gasteiger partial charge < -0.3 is 14.4 Å². The molecule has 0 aliphatic rings. The molecule has 0 aliphatic carbocycles. The van der Waals surface area contributed by atoms with Crippen molar-refractivity contribution in [3.63, 3.8) is 0 Å². The van der Waals surface area contributed by atoms with Crippen molar-refractivity contribution in [3.05, 3.63) is 67.4 Å². The Labute approximate surface area is 193 Å². The number of hydrogen-bond donors (Lipinski definition) is 1. The molecule has 0 saturated carbocycles. The smallest absolute Gasteiger partial charge is 0.261 e. The Morgan fingerprint density at radius 2 is 1.97 bits per heavy atom. The number of methoxy groups -OCH3 is 1. The Hall–Kier alpha value is -2.65. The molecule has 2 aromatic carbocycles. The Bertz CT molecular complexity index is 1370. The summed E-state index contributed by atoms with van der Waals surface area (Å²) in [4.78, 5) is 17.9. The van der Waals surface area contributed by atoms with Crippen molar-refractivity contribution in [1.29, 1.82) is 0 Å². The summed E-state index contributed by atoms with van der Waals surface area (Å²) in [6.45, 7) is 2.49. The van der Waals surface area contributed by atoms with E-state index in [1.807, 2.05) is 55.6 Å². The lowest BCUT2D eigenvalue weighted by atomic mass is 10.1. The van der Waals surface area contributed by atoms with Gasteiger partial charge in [-0.15, -0.1) is 0 Å². The van der Waals surface area contributed by atoms with Gasteiger partial charge >= 0.3 is 0 Å². The Morgan fingerprint density at radius 1 is 1.16 bits per heavy atom. The van der Waals surface area contributed by atoms with Crippen LogP contribution in [0.4, 0.5) is 0 Å². The van der Waals surface area contributed by atoms with Crippen LogP contribution in [0.25, 0.3) is 34.0 Å². The van der Waals surface area contributed by atoms with Crippen LogP contribution in [-0.4, -0.2) is 32.9 Å². The Morgan fingerprint density at radius 3 is 2.71 bits per heavy atom. The first-order valence-corrected chi connectivity index (χ1v) is 11.1. The molecule has 31 heavy (non-hydrogen) atoms. The van der Waals surface area contributed by atoms with Crippen molar-refractivity contribution in [1.82, 2.24) is 14.1 Å². The number of fused-ring (bicyclic) bond motifs is 2. The normalized spacial score (nSPS) is 11.8. The average molecular weight is 529 g/mol. The fourth-order valence-corrected chi connectivity index (χ4v) is 4.35. The van der Waals surface area contributed by atoms with E-state index in [0.29, 0.717) is 29.7 Å². The largest absolute Gasteiger partial charge is 0.497 e. The zero-order chi connectivity index (χ0) is 22.1. The van der Waals surface area contributed by atoms with Crippen LogP contribution in [0.5, 0.6) is 5.75 Å². The van der Waals surface area contributed by atoms with Gasteiger partial charge in [-0.3, -0.25) is 9.36 Å². The highest BCUT2D eigenvalue weighted by Crippen LogP contribution is 2.30. The highest BCUT2D eigenvalue weighted by atomic mass is 127. The molecule has 0 radical (unpaired) electrons. The minimum atomic E-state index is -0.0899. The van der Waals surface area contributed by atoms with Crippen LogP contribution in [-0.2, 0) is 13.6 Å². The SMILES string of the molecule is COc1ccc2c(c1)c(/C=C/c1nc3ccc(I)cc3c(=O)n1CCCO)c(C)n2C. The molecule has 0 unspecified atom stereocenters. The van der Waals surface area contributed by atoms with Crippen LogP contribution in [0.1, 0.15) is 23.5 Å². The van der Waals surface area contributed by atoms with E-state index in [0.717, 1.165) is 31.5 Å². The third-order valence-corrected chi connectivity index (χ3v) is 6.30. The highest BCUT2D eigenvalue weighted by Gasteiger charge is 2.13. The standard InChI is InChI=1S/C24H24IN3O3/c1-15-18(19-14-17(31-3)6-9-22(19)27(15)2)7-10-23-26-21-8-5-16(25)13-20(21)24(30)28(23)11-4-12-29/h5-10,13-14,29H,4,11-12H2,1-3H3/b10-7+. The molecule has 0 amide bonds. The number of nitrogens with zero attached hydrogens (tertiary/aromatic N) is 3. The Kier molecular flexibility index (Phi) is 6.15. The molecule has 4 aromatic rings. The van der Waals surface area contributed by atoms with Gasteiger partial charge in [0, 0.05) is 45.9 Å². The van der Waals surface area contributed by atoms with E-state index in [-0.39, 0.29) is 12.2 Å². The summed E-state index contributed by atoms with van der Waals surface area (Å²) in [6.07, 6.45) is 4.38. The molecule has 2 heterocycles. The molecular weight excluding hydrogens is 505 g/mol. The number of aliphatic hydroxyl groups is 1. The van der Waals surface area contributed by atoms with Crippen LogP contribution >= 0.6 is 22.6 Å². The van der Waals surface area contributed by atoms with Gasteiger partial charge in [-0.05, 0) is 84.5 Å².